The van der Waals surface area contributed by atoms with E-state index in [0.717, 1.165) is 0 Å². The van der Waals surface area contributed by atoms with Gasteiger partial charge in [-0.15, -0.1) is 0 Å². The molecule has 0 aliphatic heterocycles. The molecular weight excluding hydrogens is 347 g/mol. The van der Waals surface area contributed by atoms with Gasteiger partial charge in [0.2, 0.25) is 0 Å². The van der Waals surface area contributed by atoms with Crippen molar-refractivity contribution in [3.8, 4) is 0 Å². The number of nitrogens with zero attached hydrogens (tertiary/aromatic N) is 6. The molecule has 2 aromatic heterocycles. The summed E-state index contributed by atoms with van der Waals surface area (Å²) in [6, 6.07) is 0. The van der Waals surface area contributed by atoms with Crippen LogP contribution < -0.4 is 0 Å². The molecule has 0 bridgehead atoms. The lowest BCUT2D eigenvalue weighted by atomic mass is 10.4. The van der Waals surface area contributed by atoms with E-state index in [-0.39, 0.29) is 12.5 Å². The largest absolute Gasteiger partial charge is 0.369 e. The van der Waals surface area contributed by atoms with E-state index in [0.29, 0.717) is 23.5 Å². The molecule has 1 atom stereocenters. The van der Waals surface area contributed by atoms with E-state index in [2.05, 4.69) is 19.9 Å². The molecule has 0 saturated carbocycles. The molecule has 0 aliphatic carbocycles. The van der Waals surface area contributed by atoms with Crippen molar-refractivity contribution in [3.05, 3.63) is 12.7 Å². The van der Waals surface area contributed by atoms with Crippen LogP contribution in [0.1, 0.15) is 6.92 Å². The smallest absolute Gasteiger partial charge is 0.355 e. The van der Waals surface area contributed by atoms with Crippen molar-refractivity contribution in [3.63, 3.8) is 0 Å². The molecule has 0 amide bonds. The molecule has 0 aliphatic rings. The van der Waals surface area contributed by atoms with Crippen LogP contribution >= 0.6 is 7.60 Å². The van der Waals surface area contributed by atoms with E-state index in [1.807, 2.05) is 30.5 Å². The van der Waals surface area contributed by atoms with Crippen LogP contribution in [-0.4, -0.2) is 71.5 Å². The zero-order chi connectivity index (χ0) is 18.4. The molecule has 11 heteroatoms. The molecule has 2 heterocycles. The van der Waals surface area contributed by atoms with Crippen LogP contribution in [0.3, 0.4) is 0 Å². The molecule has 0 radical (unpaired) electrons. The minimum atomic E-state index is -3.20. The highest BCUT2D eigenvalue weighted by molar-refractivity contribution is 7.53. The second-order valence-corrected chi connectivity index (χ2v) is 7.77. The van der Waals surface area contributed by atoms with Gasteiger partial charge in [0.05, 0.1) is 25.3 Å². The van der Waals surface area contributed by atoms with Gasteiger partial charge in [-0.25, -0.2) is 19.9 Å². The first-order valence-corrected chi connectivity index (χ1v) is 9.30. The number of fused-ring (bicyclic) bond motifs is 1. The molecule has 25 heavy (non-hydrogen) atoms. The highest BCUT2D eigenvalue weighted by atomic mass is 31.2. The average Bonchev–Trinajstić information content (AvgIpc) is 3.01. The van der Waals surface area contributed by atoms with Gasteiger partial charge in [-0.05, 0) is 6.92 Å². The van der Waals surface area contributed by atoms with Crippen LogP contribution in [0.25, 0.3) is 11.2 Å². The highest BCUT2D eigenvalue weighted by Crippen LogP contribution is 2.46. The molecular formula is C14H23N6O4P. The van der Waals surface area contributed by atoms with Crippen molar-refractivity contribution in [1.82, 2.24) is 24.4 Å². The van der Waals surface area contributed by atoms with Crippen LogP contribution in [0.4, 0.5) is 5.82 Å². The van der Waals surface area contributed by atoms with Crippen LogP contribution in [0.5, 0.6) is 0 Å². The first-order valence-electron chi connectivity index (χ1n) is 7.57. The SMILES string of the molecule is COP(=O)(CO[C@H](C)Cn1cnc2c(/N=C/N(C)C)ncnc21)OC. The van der Waals surface area contributed by atoms with Gasteiger partial charge in [0.1, 0.15) is 12.7 Å². The minimum Gasteiger partial charge on any atom is -0.369 e. The summed E-state index contributed by atoms with van der Waals surface area (Å²) in [4.78, 5) is 18.9. The molecule has 0 spiro atoms. The number of rotatable bonds is 9. The Morgan fingerprint density at radius 1 is 1.32 bits per heavy atom. The van der Waals surface area contributed by atoms with Gasteiger partial charge in [-0.3, -0.25) is 4.57 Å². The fraction of sp³-hybridized carbons (Fsp3) is 0.571. The number of aliphatic imine (C=N–C) groups is 1. The zero-order valence-electron chi connectivity index (χ0n) is 15.0. The normalized spacial score (nSPS) is 13.6. The molecule has 0 aromatic carbocycles. The Morgan fingerprint density at radius 3 is 2.68 bits per heavy atom. The summed E-state index contributed by atoms with van der Waals surface area (Å²) >= 11 is 0. The third kappa shape index (κ3) is 5.05. The van der Waals surface area contributed by atoms with Crippen molar-refractivity contribution in [2.24, 2.45) is 4.99 Å². The maximum Gasteiger partial charge on any atom is 0.355 e. The van der Waals surface area contributed by atoms with Crippen molar-refractivity contribution in [1.29, 1.82) is 0 Å². The van der Waals surface area contributed by atoms with Crippen LogP contribution in [0.15, 0.2) is 17.6 Å². The fourth-order valence-corrected chi connectivity index (χ4v) is 2.79. The van der Waals surface area contributed by atoms with Crippen LogP contribution in [0, 0.1) is 0 Å². The lowest BCUT2D eigenvalue weighted by Gasteiger charge is -2.18. The Balaban J connectivity index is 2.11. The zero-order valence-corrected chi connectivity index (χ0v) is 15.9. The van der Waals surface area contributed by atoms with Crippen molar-refractivity contribution >= 4 is 30.9 Å². The molecule has 0 fully saturated rings. The number of ether oxygens (including phenoxy) is 1. The van der Waals surface area contributed by atoms with Crippen molar-refractivity contribution in [2.45, 2.75) is 19.6 Å². The first kappa shape index (κ1) is 19.5. The van der Waals surface area contributed by atoms with E-state index in [4.69, 9.17) is 13.8 Å². The summed E-state index contributed by atoms with van der Waals surface area (Å²) in [7, 11) is 3.21. The van der Waals surface area contributed by atoms with E-state index in [1.165, 1.54) is 20.5 Å². The first-order chi connectivity index (χ1) is 11.9. The van der Waals surface area contributed by atoms with Crippen molar-refractivity contribution in [2.75, 3.05) is 34.7 Å². The molecule has 0 unspecified atom stereocenters. The van der Waals surface area contributed by atoms with Gasteiger partial charge in [-0.2, -0.15) is 0 Å². The van der Waals surface area contributed by atoms with Gasteiger partial charge in [0.25, 0.3) is 0 Å². The predicted octanol–water partition coefficient (Wildman–Crippen LogP) is 1.90. The quantitative estimate of drug-likeness (QED) is 0.374. The standard InChI is InChI=1S/C14H23N6O4P/c1-11(24-10-25(21,22-4)23-5)6-20-9-17-12-13(18-8-19(2)3)15-7-16-14(12)20/h7-9,11H,6,10H2,1-5H3/b18-8+/t11-/m1/s1. The average molecular weight is 370 g/mol. The summed E-state index contributed by atoms with van der Waals surface area (Å²) in [5.41, 5.74) is 1.25. The second-order valence-electron chi connectivity index (χ2n) is 5.56. The lowest BCUT2D eigenvalue weighted by molar-refractivity contribution is 0.0718. The van der Waals surface area contributed by atoms with E-state index >= 15 is 0 Å². The number of hydrogen-bond donors (Lipinski definition) is 0. The second kappa shape index (κ2) is 8.48. The van der Waals surface area contributed by atoms with Crippen LogP contribution in [0.2, 0.25) is 0 Å². The molecule has 138 valence electrons. The third-order valence-electron chi connectivity index (χ3n) is 3.32. The number of imidazole rings is 1. The maximum absolute atomic E-state index is 12.0. The van der Waals surface area contributed by atoms with Gasteiger partial charge in [0.15, 0.2) is 17.0 Å². The Kier molecular flexibility index (Phi) is 6.60. The lowest BCUT2D eigenvalue weighted by Crippen LogP contribution is -2.17. The Bertz CT molecular complexity index is 770. The Hall–Kier alpha value is -1.87. The fourth-order valence-electron chi connectivity index (χ4n) is 1.99. The molecule has 2 aromatic rings. The monoisotopic (exact) mass is 370 g/mol. The molecule has 2 rings (SSSR count). The third-order valence-corrected chi connectivity index (χ3v) is 4.90. The van der Waals surface area contributed by atoms with E-state index in [1.54, 1.807) is 12.7 Å². The van der Waals surface area contributed by atoms with Gasteiger partial charge in [0, 0.05) is 28.3 Å². The van der Waals surface area contributed by atoms with Crippen LogP contribution in [-0.2, 0) is 24.9 Å². The summed E-state index contributed by atoms with van der Waals surface area (Å²) in [5, 5.41) is 0. The summed E-state index contributed by atoms with van der Waals surface area (Å²) < 4.78 is 29.1. The number of aromatic nitrogens is 4. The molecule has 0 N–H and O–H groups in total. The van der Waals surface area contributed by atoms with E-state index < -0.39 is 7.60 Å². The Morgan fingerprint density at radius 2 is 2.04 bits per heavy atom. The summed E-state index contributed by atoms with van der Waals surface area (Å²) in [5.74, 6) is 0.495. The van der Waals surface area contributed by atoms with Gasteiger partial charge in [-0.1, -0.05) is 0 Å². The maximum atomic E-state index is 12.0. The highest BCUT2D eigenvalue weighted by Gasteiger charge is 2.23. The van der Waals surface area contributed by atoms with Crippen molar-refractivity contribution < 1.29 is 18.3 Å². The van der Waals surface area contributed by atoms with E-state index in [9.17, 15) is 4.57 Å². The molecule has 10 nitrogen and oxygen atoms in total. The van der Waals surface area contributed by atoms with Gasteiger partial charge < -0.3 is 23.3 Å². The van der Waals surface area contributed by atoms with Gasteiger partial charge >= 0.3 is 7.60 Å². The molecule has 0 saturated heterocycles. The predicted molar refractivity (Wildman–Crippen MR) is 94.2 cm³/mol. The summed E-state index contributed by atoms with van der Waals surface area (Å²) in [6.45, 7) is 2.32. The minimum absolute atomic E-state index is 0.124. The Labute approximate surface area is 146 Å². The number of hydrogen-bond acceptors (Lipinski definition) is 8. The topological polar surface area (TPSA) is 104 Å². The summed E-state index contributed by atoms with van der Waals surface area (Å²) in [6.07, 6.45) is 4.37.